The first kappa shape index (κ1) is 8.23. The monoisotopic (exact) mass is 152 g/mol. The molecule has 58 valence electrons. The summed E-state index contributed by atoms with van der Waals surface area (Å²) in [5.41, 5.74) is 0.814. The van der Waals surface area contributed by atoms with E-state index >= 15 is 0 Å². The van der Waals surface area contributed by atoms with Crippen molar-refractivity contribution >= 4 is 13.4 Å². The molecule has 1 rings (SSSR count). The quantitative estimate of drug-likeness (QED) is 0.427. The third-order valence-electron chi connectivity index (χ3n) is 1.67. The number of carbonyl (C=O) groups is 1. The van der Waals surface area contributed by atoms with Crippen LogP contribution in [0.25, 0.3) is 0 Å². The van der Waals surface area contributed by atoms with E-state index in [9.17, 15) is 4.79 Å². The van der Waals surface area contributed by atoms with E-state index < -0.39 is 7.12 Å². The summed E-state index contributed by atoms with van der Waals surface area (Å²) in [7, 11) is -1.52. The fraction of sp³-hybridized carbons (Fsp3) is 0.286. The molecule has 0 heterocycles. The number of aldehydes is 1. The first-order valence-electron chi connectivity index (χ1n) is 3.46. The predicted octanol–water partition coefficient (Wildman–Crippen LogP) is -0.156. The molecule has 0 spiro atoms. The van der Waals surface area contributed by atoms with Gasteiger partial charge >= 0.3 is 7.12 Å². The molecule has 11 heavy (non-hydrogen) atoms. The second-order valence-corrected chi connectivity index (χ2v) is 2.41. The molecule has 3 nitrogen and oxygen atoms in total. The fourth-order valence-electron chi connectivity index (χ4n) is 1.08. The molecule has 0 aliphatic heterocycles. The van der Waals surface area contributed by atoms with Gasteiger partial charge in [0.1, 0.15) is 6.29 Å². The lowest BCUT2D eigenvalue weighted by Gasteiger charge is -2.09. The Morgan fingerprint density at radius 2 is 2.27 bits per heavy atom. The molecule has 0 saturated heterocycles. The number of rotatable bonds is 2. The van der Waals surface area contributed by atoms with Crippen LogP contribution in [0, 0.1) is 0 Å². The summed E-state index contributed by atoms with van der Waals surface area (Å²) in [6, 6.07) is 0. The largest absolute Gasteiger partial charge is 0.488 e. The zero-order valence-electron chi connectivity index (χ0n) is 6.03. The van der Waals surface area contributed by atoms with Gasteiger partial charge in [0, 0.05) is 0 Å². The van der Waals surface area contributed by atoms with Crippen molar-refractivity contribution in [1.29, 1.82) is 0 Å². The van der Waals surface area contributed by atoms with Crippen LogP contribution in [-0.2, 0) is 4.79 Å². The van der Waals surface area contributed by atoms with Crippen molar-refractivity contribution < 1.29 is 14.8 Å². The third kappa shape index (κ3) is 1.79. The fourth-order valence-corrected chi connectivity index (χ4v) is 1.08. The Morgan fingerprint density at radius 3 is 2.73 bits per heavy atom. The zero-order valence-corrected chi connectivity index (χ0v) is 6.03. The van der Waals surface area contributed by atoms with Gasteiger partial charge in [0.2, 0.25) is 0 Å². The van der Waals surface area contributed by atoms with Crippen LogP contribution in [0.2, 0.25) is 0 Å². The molecule has 0 aromatic carbocycles. The number of carbonyl (C=O) groups excluding carboxylic acids is 1. The molecule has 0 aromatic rings. The normalized spacial score (nSPS) is 16.9. The summed E-state index contributed by atoms with van der Waals surface area (Å²) in [6.07, 6.45) is 5.48. The van der Waals surface area contributed by atoms with Crippen LogP contribution in [0.1, 0.15) is 12.8 Å². The average molecular weight is 152 g/mol. The molecule has 0 radical (unpaired) electrons. The first-order chi connectivity index (χ1) is 5.25. The molecule has 0 saturated carbocycles. The van der Waals surface area contributed by atoms with Crippen LogP contribution >= 0.6 is 0 Å². The van der Waals surface area contributed by atoms with E-state index in [1.54, 1.807) is 6.08 Å². The van der Waals surface area contributed by atoms with Crippen molar-refractivity contribution in [3.8, 4) is 0 Å². The second kappa shape index (κ2) is 3.50. The van der Waals surface area contributed by atoms with Crippen molar-refractivity contribution in [2.75, 3.05) is 0 Å². The summed E-state index contributed by atoms with van der Waals surface area (Å²) in [4.78, 5) is 10.4. The van der Waals surface area contributed by atoms with Gasteiger partial charge in [-0.2, -0.15) is 0 Å². The maximum absolute atomic E-state index is 10.4. The minimum absolute atomic E-state index is 0.325. The van der Waals surface area contributed by atoms with Gasteiger partial charge in [-0.3, -0.25) is 4.79 Å². The Labute approximate surface area is 65.2 Å². The Balaban J connectivity index is 2.91. The van der Waals surface area contributed by atoms with Gasteiger partial charge in [0.05, 0.1) is 0 Å². The predicted molar refractivity (Wildman–Crippen MR) is 41.7 cm³/mol. The van der Waals surface area contributed by atoms with Gasteiger partial charge in [-0.1, -0.05) is 12.2 Å². The van der Waals surface area contributed by atoms with E-state index in [2.05, 4.69) is 0 Å². The maximum atomic E-state index is 10.4. The van der Waals surface area contributed by atoms with Gasteiger partial charge < -0.3 is 10.0 Å². The highest BCUT2D eigenvalue weighted by atomic mass is 16.4. The Hall–Kier alpha value is -0.865. The topological polar surface area (TPSA) is 57.5 Å². The van der Waals surface area contributed by atoms with Crippen LogP contribution in [-0.4, -0.2) is 23.5 Å². The molecular weight excluding hydrogens is 143 g/mol. The van der Waals surface area contributed by atoms with Gasteiger partial charge in [-0.25, -0.2) is 0 Å². The van der Waals surface area contributed by atoms with Gasteiger partial charge in [-0.15, -0.1) is 0 Å². The summed E-state index contributed by atoms with van der Waals surface area (Å²) in [5, 5.41) is 17.5. The van der Waals surface area contributed by atoms with Crippen molar-refractivity contribution in [1.82, 2.24) is 0 Å². The number of allylic oxidation sites excluding steroid dienone is 4. The molecule has 0 bridgehead atoms. The smallest absolute Gasteiger partial charge is 0.423 e. The molecule has 0 fully saturated rings. The molecule has 2 N–H and O–H groups in total. The van der Waals surface area contributed by atoms with Crippen LogP contribution in [0.5, 0.6) is 0 Å². The van der Waals surface area contributed by atoms with E-state index in [-0.39, 0.29) is 0 Å². The highest BCUT2D eigenvalue weighted by molar-refractivity contribution is 6.52. The highest BCUT2D eigenvalue weighted by Gasteiger charge is 2.18. The molecule has 4 heteroatoms. The third-order valence-corrected chi connectivity index (χ3v) is 1.67. The lowest BCUT2D eigenvalue weighted by Crippen LogP contribution is -2.17. The van der Waals surface area contributed by atoms with E-state index in [4.69, 9.17) is 10.0 Å². The second-order valence-electron chi connectivity index (χ2n) is 2.41. The molecular formula is C7H9BO3. The first-order valence-corrected chi connectivity index (χ1v) is 3.46. The van der Waals surface area contributed by atoms with E-state index in [0.717, 1.165) is 6.42 Å². The molecule has 0 atom stereocenters. The minimum atomic E-state index is -1.52. The number of hydrogen-bond acceptors (Lipinski definition) is 3. The SMILES string of the molecule is O=CC1=C(B(O)O)C=CCC1. The Bertz CT molecular complexity index is 218. The summed E-state index contributed by atoms with van der Waals surface area (Å²) in [5.74, 6) is 0. The maximum Gasteiger partial charge on any atom is 0.488 e. The van der Waals surface area contributed by atoms with Gasteiger partial charge in [0.15, 0.2) is 0 Å². The van der Waals surface area contributed by atoms with Crippen molar-refractivity contribution in [2.24, 2.45) is 0 Å². The summed E-state index contributed by atoms with van der Waals surface area (Å²) >= 11 is 0. The van der Waals surface area contributed by atoms with Crippen molar-refractivity contribution in [3.63, 3.8) is 0 Å². The molecule has 1 aliphatic rings. The lowest BCUT2D eigenvalue weighted by atomic mass is 9.73. The van der Waals surface area contributed by atoms with E-state index in [0.29, 0.717) is 23.8 Å². The average Bonchev–Trinajstić information content (AvgIpc) is 2.04. The van der Waals surface area contributed by atoms with Gasteiger partial charge in [0.25, 0.3) is 0 Å². The lowest BCUT2D eigenvalue weighted by molar-refractivity contribution is -0.105. The summed E-state index contributed by atoms with van der Waals surface area (Å²) in [6.45, 7) is 0. The molecule has 0 amide bonds. The molecule has 1 aliphatic carbocycles. The van der Waals surface area contributed by atoms with Crippen LogP contribution in [0.15, 0.2) is 23.2 Å². The van der Waals surface area contributed by atoms with Crippen LogP contribution in [0.3, 0.4) is 0 Å². The van der Waals surface area contributed by atoms with Gasteiger partial charge in [-0.05, 0) is 23.9 Å². The molecule has 0 aromatic heterocycles. The van der Waals surface area contributed by atoms with Crippen molar-refractivity contribution in [2.45, 2.75) is 12.8 Å². The molecule has 0 unspecified atom stereocenters. The Kier molecular flexibility index (Phi) is 2.62. The standard InChI is InChI=1S/C7H9BO3/c9-5-6-3-1-2-4-7(6)8(10)11/h2,4-5,10-11H,1,3H2. The highest BCUT2D eigenvalue weighted by Crippen LogP contribution is 2.17. The van der Waals surface area contributed by atoms with Crippen LogP contribution in [0.4, 0.5) is 0 Å². The van der Waals surface area contributed by atoms with E-state index in [1.165, 1.54) is 0 Å². The number of hydrogen-bond donors (Lipinski definition) is 2. The zero-order chi connectivity index (χ0) is 8.27. The minimum Gasteiger partial charge on any atom is -0.423 e. The van der Waals surface area contributed by atoms with Crippen molar-refractivity contribution in [3.05, 3.63) is 23.2 Å². The summed E-state index contributed by atoms with van der Waals surface area (Å²) < 4.78 is 0. The Morgan fingerprint density at radius 1 is 1.55 bits per heavy atom. The van der Waals surface area contributed by atoms with E-state index in [1.807, 2.05) is 6.08 Å². The van der Waals surface area contributed by atoms with Crippen LogP contribution < -0.4 is 0 Å².